The van der Waals surface area contributed by atoms with Crippen molar-refractivity contribution in [1.82, 2.24) is 14.9 Å². The molecular formula is C10H11ClN4O. The van der Waals surface area contributed by atoms with E-state index in [9.17, 15) is 4.79 Å². The molecule has 5 nitrogen and oxygen atoms in total. The van der Waals surface area contributed by atoms with Crippen molar-refractivity contribution in [1.29, 1.82) is 0 Å². The summed E-state index contributed by atoms with van der Waals surface area (Å²) in [6.07, 6.45) is 3.83. The van der Waals surface area contributed by atoms with Gasteiger partial charge in [0.25, 0.3) is 0 Å². The fourth-order valence-corrected chi connectivity index (χ4v) is 2.11. The Hall–Kier alpha value is -1.36. The standard InChI is InChI=1S/C10H11ClN4O/c11-9-12-4-3-8(13-9)15-6-5-14(10(15)16)7-1-2-7/h3-4,7H,1-2,5-6H2. The maximum absolute atomic E-state index is 12.0. The lowest BCUT2D eigenvalue weighted by Crippen LogP contribution is -2.33. The second-order valence-electron chi connectivity index (χ2n) is 4.04. The molecular weight excluding hydrogens is 228 g/mol. The van der Waals surface area contributed by atoms with E-state index < -0.39 is 0 Å². The van der Waals surface area contributed by atoms with Gasteiger partial charge in [0.2, 0.25) is 5.28 Å². The molecule has 1 saturated carbocycles. The number of halogens is 1. The number of aromatic nitrogens is 2. The number of nitrogens with zero attached hydrogens (tertiary/aromatic N) is 4. The first-order valence-corrected chi connectivity index (χ1v) is 5.70. The molecule has 2 heterocycles. The highest BCUT2D eigenvalue weighted by Crippen LogP contribution is 2.31. The number of hydrogen-bond donors (Lipinski definition) is 0. The zero-order valence-electron chi connectivity index (χ0n) is 8.64. The summed E-state index contributed by atoms with van der Waals surface area (Å²) >= 11 is 5.71. The molecule has 0 N–H and O–H groups in total. The molecule has 0 atom stereocenters. The summed E-state index contributed by atoms with van der Waals surface area (Å²) in [6, 6.07) is 2.20. The van der Waals surface area contributed by atoms with Crippen molar-refractivity contribution in [3.05, 3.63) is 17.5 Å². The first kappa shape index (κ1) is 9.84. The number of anilines is 1. The van der Waals surface area contributed by atoms with E-state index in [0.717, 1.165) is 19.4 Å². The molecule has 3 rings (SSSR count). The van der Waals surface area contributed by atoms with Crippen molar-refractivity contribution in [2.45, 2.75) is 18.9 Å². The molecule has 2 aliphatic rings. The van der Waals surface area contributed by atoms with Gasteiger partial charge in [-0.2, -0.15) is 0 Å². The van der Waals surface area contributed by atoms with E-state index in [4.69, 9.17) is 11.6 Å². The Morgan fingerprint density at radius 2 is 2.19 bits per heavy atom. The lowest BCUT2D eigenvalue weighted by Gasteiger charge is -2.17. The van der Waals surface area contributed by atoms with Crippen LogP contribution in [0.4, 0.5) is 10.6 Å². The molecule has 0 bridgehead atoms. The molecule has 1 aromatic rings. The lowest BCUT2D eigenvalue weighted by molar-refractivity contribution is 0.218. The SMILES string of the molecule is O=C1N(c2ccnc(Cl)n2)CCN1C1CC1. The molecule has 0 aromatic carbocycles. The van der Waals surface area contributed by atoms with Crippen LogP contribution in [0.1, 0.15) is 12.8 Å². The number of urea groups is 1. The van der Waals surface area contributed by atoms with Gasteiger partial charge in [-0.05, 0) is 30.5 Å². The summed E-state index contributed by atoms with van der Waals surface area (Å²) in [5, 5.41) is 0.176. The number of carbonyl (C=O) groups is 1. The summed E-state index contributed by atoms with van der Waals surface area (Å²) < 4.78 is 0. The minimum absolute atomic E-state index is 0.0391. The fraction of sp³-hybridized carbons (Fsp3) is 0.500. The van der Waals surface area contributed by atoms with E-state index in [1.807, 2.05) is 4.90 Å². The Balaban J connectivity index is 1.83. The molecule has 0 radical (unpaired) electrons. The van der Waals surface area contributed by atoms with Crippen LogP contribution in [0, 0.1) is 0 Å². The van der Waals surface area contributed by atoms with Gasteiger partial charge in [0.05, 0.1) is 0 Å². The predicted molar refractivity (Wildman–Crippen MR) is 59.5 cm³/mol. The lowest BCUT2D eigenvalue weighted by atomic mass is 10.5. The van der Waals surface area contributed by atoms with E-state index >= 15 is 0 Å². The molecule has 6 heteroatoms. The number of carbonyl (C=O) groups excluding carboxylic acids is 1. The highest BCUT2D eigenvalue weighted by Gasteiger charge is 2.39. The first-order valence-electron chi connectivity index (χ1n) is 5.32. The normalized spacial score (nSPS) is 20.7. The van der Waals surface area contributed by atoms with Gasteiger partial charge in [0.1, 0.15) is 5.82 Å². The molecule has 16 heavy (non-hydrogen) atoms. The zero-order valence-corrected chi connectivity index (χ0v) is 9.39. The monoisotopic (exact) mass is 238 g/mol. The summed E-state index contributed by atoms with van der Waals surface area (Å²) in [4.78, 5) is 23.5. The Morgan fingerprint density at radius 3 is 2.88 bits per heavy atom. The summed E-state index contributed by atoms with van der Waals surface area (Å²) in [5.41, 5.74) is 0. The van der Waals surface area contributed by atoms with Crippen molar-refractivity contribution in [3.63, 3.8) is 0 Å². The Bertz CT molecular complexity index is 435. The van der Waals surface area contributed by atoms with Crippen LogP contribution in [-0.2, 0) is 0 Å². The number of amides is 2. The average molecular weight is 239 g/mol. The molecule has 1 saturated heterocycles. The van der Waals surface area contributed by atoms with Crippen molar-refractivity contribution < 1.29 is 4.79 Å². The minimum atomic E-state index is 0.0391. The third kappa shape index (κ3) is 1.61. The molecule has 2 fully saturated rings. The van der Waals surface area contributed by atoms with Gasteiger partial charge in [0.15, 0.2) is 0 Å². The van der Waals surface area contributed by atoms with Crippen LogP contribution in [0.5, 0.6) is 0 Å². The van der Waals surface area contributed by atoms with E-state index in [2.05, 4.69) is 9.97 Å². The maximum Gasteiger partial charge on any atom is 0.326 e. The van der Waals surface area contributed by atoms with Crippen molar-refractivity contribution in [2.24, 2.45) is 0 Å². The van der Waals surface area contributed by atoms with Crippen molar-refractivity contribution >= 4 is 23.4 Å². The third-order valence-corrected chi connectivity index (χ3v) is 3.10. The van der Waals surface area contributed by atoms with Crippen LogP contribution in [0.25, 0.3) is 0 Å². The van der Waals surface area contributed by atoms with Gasteiger partial charge < -0.3 is 4.90 Å². The smallest absolute Gasteiger partial charge is 0.320 e. The summed E-state index contributed by atoms with van der Waals surface area (Å²) in [5.74, 6) is 0.591. The van der Waals surface area contributed by atoms with Gasteiger partial charge >= 0.3 is 6.03 Å². The fourth-order valence-electron chi connectivity index (χ4n) is 1.97. The highest BCUT2D eigenvalue weighted by molar-refractivity contribution is 6.28. The van der Waals surface area contributed by atoms with Crippen LogP contribution in [-0.4, -0.2) is 40.0 Å². The van der Waals surface area contributed by atoms with Crippen LogP contribution in [0.2, 0.25) is 5.28 Å². The summed E-state index contributed by atoms with van der Waals surface area (Å²) in [7, 11) is 0. The van der Waals surface area contributed by atoms with E-state index in [0.29, 0.717) is 18.4 Å². The van der Waals surface area contributed by atoms with E-state index in [-0.39, 0.29) is 11.3 Å². The van der Waals surface area contributed by atoms with Crippen molar-refractivity contribution in [3.8, 4) is 0 Å². The molecule has 1 aliphatic heterocycles. The topological polar surface area (TPSA) is 49.3 Å². The van der Waals surface area contributed by atoms with Crippen LogP contribution in [0.15, 0.2) is 12.3 Å². The van der Waals surface area contributed by atoms with E-state index in [1.54, 1.807) is 17.2 Å². The molecule has 0 spiro atoms. The Morgan fingerprint density at radius 1 is 1.38 bits per heavy atom. The molecule has 0 unspecified atom stereocenters. The third-order valence-electron chi connectivity index (χ3n) is 2.92. The number of rotatable bonds is 2. The second-order valence-corrected chi connectivity index (χ2v) is 4.38. The predicted octanol–water partition coefficient (Wildman–Crippen LogP) is 1.53. The second kappa shape index (κ2) is 3.59. The summed E-state index contributed by atoms with van der Waals surface area (Å²) in [6.45, 7) is 1.47. The van der Waals surface area contributed by atoms with Gasteiger partial charge in [-0.25, -0.2) is 14.8 Å². The molecule has 2 amide bonds. The van der Waals surface area contributed by atoms with Crippen LogP contribution in [0.3, 0.4) is 0 Å². The Kier molecular flexibility index (Phi) is 2.21. The van der Waals surface area contributed by atoms with Gasteiger partial charge in [-0.1, -0.05) is 0 Å². The molecule has 1 aliphatic carbocycles. The minimum Gasteiger partial charge on any atom is -0.320 e. The van der Waals surface area contributed by atoms with Gasteiger partial charge in [-0.15, -0.1) is 0 Å². The highest BCUT2D eigenvalue weighted by atomic mass is 35.5. The Labute approximate surface area is 98.0 Å². The molecule has 84 valence electrons. The van der Waals surface area contributed by atoms with E-state index in [1.165, 1.54) is 0 Å². The quantitative estimate of drug-likeness (QED) is 0.735. The largest absolute Gasteiger partial charge is 0.326 e. The average Bonchev–Trinajstić information content (AvgIpc) is 3.03. The van der Waals surface area contributed by atoms with Crippen LogP contribution < -0.4 is 4.90 Å². The zero-order chi connectivity index (χ0) is 11.1. The van der Waals surface area contributed by atoms with Crippen LogP contribution >= 0.6 is 11.6 Å². The van der Waals surface area contributed by atoms with Crippen molar-refractivity contribution in [2.75, 3.05) is 18.0 Å². The maximum atomic E-state index is 12.0. The first-order chi connectivity index (χ1) is 7.75. The molecule has 1 aromatic heterocycles. The number of hydrogen-bond acceptors (Lipinski definition) is 3. The van der Waals surface area contributed by atoms with Gasteiger partial charge in [0, 0.05) is 25.3 Å². The van der Waals surface area contributed by atoms with Gasteiger partial charge in [-0.3, -0.25) is 4.90 Å².